The Balaban J connectivity index is 2.07. The van der Waals surface area contributed by atoms with E-state index in [1.165, 1.54) is 4.90 Å². The minimum atomic E-state index is -0.920. The number of nitrogens with two attached hydrogens (primary N) is 1. The van der Waals surface area contributed by atoms with Gasteiger partial charge in [-0.1, -0.05) is 18.2 Å². The van der Waals surface area contributed by atoms with Crippen LogP contribution in [-0.4, -0.2) is 28.0 Å². The van der Waals surface area contributed by atoms with Gasteiger partial charge in [0.15, 0.2) is 0 Å². The van der Waals surface area contributed by atoms with Gasteiger partial charge in [-0.25, -0.2) is 0 Å². The van der Waals surface area contributed by atoms with Crippen LogP contribution in [0.2, 0.25) is 0 Å². The summed E-state index contributed by atoms with van der Waals surface area (Å²) in [6.07, 6.45) is 0.523. The molecule has 0 saturated carbocycles. The van der Waals surface area contributed by atoms with E-state index in [1.54, 1.807) is 23.5 Å². The Morgan fingerprint density at radius 1 is 1.38 bits per heavy atom. The number of hydrogen-bond acceptors (Lipinski definition) is 4. The summed E-state index contributed by atoms with van der Waals surface area (Å²) in [7, 11) is 0. The van der Waals surface area contributed by atoms with Crippen molar-refractivity contribution >= 4 is 29.5 Å². The van der Waals surface area contributed by atoms with Gasteiger partial charge in [-0.2, -0.15) is 11.8 Å². The molecule has 0 bridgehead atoms. The van der Waals surface area contributed by atoms with Gasteiger partial charge in [0.2, 0.25) is 0 Å². The molecule has 0 fully saturated rings. The summed E-state index contributed by atoms with van der Waals surface area (Å²) in [6, 6.07) is 9.40. The zero-order valence-corrected chi connectivity index (χ0v) is 10.5. The van der Waals surface area contributed by atoms with Crippen molar-refractivity contribution in [3.05, 3.63) is 30.3 Å². The SMILES string of the molecule is N[C@@H](CCSCSc1ccccc1)C(=O)O. The van der Waals surface area contributed by atoms with Crippen molar-refractivity contribution in [3.63, 3.8) is 0 Å². The molecule has 0 amide bonds. The van der Waals surface area contributed by atoms with Crippen LogP contribution in [-0.2, 0) is 4.79 Å². The van der Waals surface area contributed by atoms with Crippen molar-refractivity contribution in [1.82, 2.24) is 0 Å². The summed E-state index contributed by atoms with van der Waals surface area (Å²) in [5, 5.41) is 9.50. The van der Waals surface area contributed by atoms with E-state index in [2.05, 4.69) is 12.1 Å². The first-order chi connectivity index (χ1) is 7.70. The lowest BCUT2D eigenvalue weighted by atomic mass is 10.2. The third-order valence-corrected chi connectivity index (χ3v) is 4.21. The molecule has 0 unspecified atom stereocenters. The van der Waals surface area contributed by atoms with Crippen molar-refractivity contribution < 1.29 is 9.90 Å². The topological polar surface area (TPSA) is 63.3 Å². The third kappa shape index (κ3) is 5.44. The number of carboxylic acids is 1. The average molecular weight is 257 g/mol. The number of hydrogen-bond donors (Lipinski definition) is 2. The largest absolute Gasteiger partial charge is 0.480 e. The summed E-state index contributed by atoms with van der Waals surface area (Å²) < 4.78 is 0. The fraction of sp³-hybridized carbons (Fsp3) is 0.364. The minimum Gasteiger partial charge on any atom is -0.480 e. The number of thioether (sulfide) groups is 2. The highest BCUT2D eigenvalue weighted by Crippen LogP contribution is 2.22. The number of aliphatic carboxylic acids is 1. The lowest BCUT2D eigenvalue weighted by molar-refractivity contribution is -0.138. The van der Waals surface area contributed by atoms with Gasteiger partial charge >= 0.3 is 5.97 Å². The van der Waals surface area contributed by atoms with Gasteiger partial charge in [0.25, 0.3) is 0 Å². The highest BCUT2D eigenvalue weighted by molar-refractivity contribution is 8.16. The van der Waals surface area contributed by atoms with Crippen molar-refractivity contribution in [3.8, 4) is 0 Å². The lowest BCUT2D eigenvalue weighted by Crippen LogP contribution is -2.30. The Labute approximate surface area is 104 Å². The maximum atomic E-state index is 10.4. The molecule has 1 aromatic carbocycles. The molecule has 1 atom stereocenters. The van der Waals surface area contributed by atoms with E-state index in [4.69, 9.17) is 10.8 Å². The highest BCUT2D eigenvalue weighted by Gasteiger charge is 2.09. The summed E-state index contributed by atoms with van der Waals surface area (Å²) >= 11 is 3.47. The van der Waals surface area contributed by atoms with E-state index >= 15 is 0 Å². The van der Waals surface area contributed by atoms with Crippen molar-refractivity contribution in [1.29, 1.82) is 0 Å². The maximum Gasteiger partial charge on any atom is 0.320 e. The molecule has 0 heterocycles. The monoisotopic (exact) mass is 257 g/mol. The Bertz CT molecular complexity index is 319. The second kappa shape index (κ2) is 7.60. The molecule has 0 saturated heterocycles. The molecule has 1 rings (SSSR count). The Kier molecular flexibility index (Phi) is 6.37. The van der Waals surface area contributed by atoms with Crippen molar-refractivity contribution in [2.45, 2.75) is 17.4 Å². The third-order valence-electron chi connectivity index (χ3n) is 1.94. The first kappa shape index (κ1) is 13.4. The molecular formula is C11H15NO2S2. The summed E-state index contributed by atoms with van der Waals surface area (Å²) in [4.78, 5) is 11.7. The molecule has 0 aliphatic heterocycles. The van der Waals surface area contributed by atoms with Crippen molar-refractivity contribution in [2.75, 3.05) is 10.8 Å². The Morgan fingerprint density at radius 2 is 2.06 bits per heavy atom. The van der Waals surface area contributed by atoms with E-state index < -0.39 is 12.0 Å². The van der Waals surface area contributed by atoms with Crippen LogP contribution in [0.15, 0.2) is 35.2 Å². The molecule has 3 N–H and O–H groups in total. The normalized spacial score (nSPS) is 12.3. The molecule has 5 heteroatoms. The van der Waals surface area contributed by atoms with E-state index in [9.17, 15) is 4.79 Å². The number of carbonyl (C=O) groups is 1. The molecular weight excluding hydrogens is 242 g/mol. The molecule has 1 aromatic rings. The van der Waals surface area contributed by atoms with Crippen LogP contribution in [0.1, 0.15) is 6.42 Å². The van der Waals surface area contributed by atoms with Crippen LogP contribution in [0.25, 0.3) is 0 Å². The Hall–Kier alpha value is -0.650. The molecule has 88 valence electrons. The zero-order chi connectivity index (χ0) is 11.8. The predicted octanol–water partition coefficient (Wildman–Crippen LogP) is 2.27. The van der Waals surface area contributed by atoms with E-state index in [0.717, 1.165) is 10.8 Å². The van der Waals surface area contributed by atoms with Crippen LogP contribution < -0.4 is 5.73 Å². The molecule has 16 heavy (non-hydrogen) atoms. The minimum absolute atomic E-state index is 0.523. The summed E-state index contributed by atoms with van der Waals surface area (Å²) in [5.74, 6) is -0.135. The van der Waals surface area contributed by atoms with E-state index in [1.807, 2.05) is 18.2 Å². The predicted molar refractivity (Wildman–Crippen MR) is 69.9 cm³/mol. The quantitative estimate of drug-likeness (QED) is 0.446. The van der Waals surface area contributed by atoms with Crippen LogP contribution in [0.5, 0.6) is 0 Å². The maximum absolute atomic E-state index is 10.4. The van der Waals surface area contributed by atoms with Crippen LogP contribution in [0.3, 0.4) is 0 Å². The van der Waals surface area contributed by atoms with Gasteiger partial charge in [0.1, 0.15) is 6.04 Å². The van der Waals surface area contributed by atoms with Gasteiger partial charge in [0, 0.05) is 9.98 Å². The van der Waals surface area contributed by atoms with E-state index in [0.29, 0.717) is 6.42 Å². The van der Waals surface area contributed by atoms with Crippen LogP contribution >= 0.6 is 23.5 Å². The zero-order valence-electron chi connectivity index (χ0n) is 8.83. The van der Waals surface area contributed by atoms with Gasteiger partial charge in [-0.05, 0) is 24.3 Å². The average Bonchev–Trinajstić information content (AvgIpc) is 2.29. The molecule has 0 spiro atoms. The second-order valence-electron chi connectivity index (χ2n) is 3.22. The molecule has 3 nitrogen and oxygen atoms in total. The van der Waals surface area contributed by atoms with Gasteiger partial charge in [-0.15, -0.1) is 11.8 Å². The smallest absolute Gasteiger partial charge is 0.320 e. The highest BCUT2D eigenvalue weighted by atomic mass is 32.2. The molecule has 0 aromatic heterocycles. The van der Waals surface area contributed by atoms with Crippen LogP contribution in [0, 0.1) is 0 Å². The first-order valence-electron chi connectivity index (χ1n) is 4.94. The van der Waals surface area contributed by atoms with Gasteiger partial charge in [0.05, 0.1) is 0 Å². The van der Waals surface area contributed by atoms with Gasteiger partial charge < -0.3 is 10.8 Å². The first-order valence-corrected chi connectivity index (χ1v) is 7.08. The molecule has 0 radical (unpaired) electrons. The number of rotatable bonds is 7. The number of carboxylic acid groups (broad SMARTS) is 1. The number of benzene rings is 1. The fourth-order valence-corrected chi connectivity index (χ4v) is 3.14. The lowest BCUT2D eigenvalue weighted by Gasteiger charge is -2.05. The fourth-order valence-electron chi connectivity index (χ4n) is 1.02. The summed E-state index contributed by atoms with van der Waals surface area (Å²) in [5.41, 5.74) is 5.39. The van der Waals surface area contributed by atoms with Gasteiger partial charge in [-0.3, -0.25) is 4.79 Å². The molecule has 0 aliphatic carbocycles. The Morgan fingerprint density at radius 3 is 2.69 bits per heavy atom. The second-order valence-corrected chi connectivity index (χ2v) is 5.74. The standard InChI is InChI=1S/C11H15NO2S2/c12-10(11(13)14)6-7-15-8-16-9-4-2-1-3-5-9/h1-5,10H,6-8,12H2,(H,13,14)/t10-/m0/s1. The molecule has 0 aliphatic rings. The van der Waals surface area contributed by atoms with E-state index in [-0.39, 0.29) is 0 Å². The van der Waals surface area contributed by atoms with Crippen molar-refractivity contribution in [2.24, 2.45) is 5.73 Å². The summed E-state index contributed by atoms with van der Waals surface area (Å²) in [6.45, 7) is 0. The van der Waals surface area contributed by atoms with Crippen LogP contribution in [0.4, 0.5) is 0 Å².